The van der Waals surface area contributed by atoms with E-state index in [4.69, 9.17) is 10.00 Å². The lowest BCUT2D eigenvalue weighted by atomic mass is 10.0. The van der Waals surface area contributed by atoms with Crippen molar-refractivity contribution in [3.05, 3.63) is 77.9 Å². The van der Waals surface area contributed by atoms with E-state index in [1.807, 2.05) is 30.3 Å². The monoisotopic (exact) mass is 491 g/mol. The number of ether oxygens (including phenoxy) is 1. The first-order chi connectivity index (χ1) is 16.9. The van der Waals surface area contributed by atoms with Crippen LogP contribution < -0.4 is 4.31 Å². The topological polar surface area (TPSA) is 111 Å². The van der Waals surface area contributed by atoms with E-state index in [1.165, 1.54) is 16.3 Å². The number of methoxy groups -OCH3 is 1. The number of hydrogen-bond donors (Lipinski definition) is 1. The molecular formula is C26H25N3O5S. The summed E-state index contributed by atoms with van der Waals surface area (Å²) >= 11 is -2.53. The molecule has 8 nitrogen and oxygen atoms in total. The van der Waals surface area contributed by atoms with Crippen molar-refractivity contribution in [1.82, 2.24) is 4.90 Å². The first-order valence-corrected chi connectivity index (χ1v) is 12.2. The average Bonchev–Trinajstić information content (AvgIpc) is 3.72. The summed E-state index contributed by atoms with van der Waals surface area (Å²) < 4.78 is 29.0. The molecule has 35 heavy (non-hydrogen) atoms. The molecule has 1 saturated carbocycles. The SMILES string of the molecule is COC(=O)CN(C(=O)C(Cc1ccc(C#N)cc1)N(c1ccc2ccccc2c1)S(=O)O)C1CC1. The van der Waals surface area contributed by atoms with Gasteiger partial charge in [0.2, 0.25) is 5.91 Å². The molecule has 0 radical (unpaired) electrons. The second kappa shape index (κ2) is 10.7. The molecule has 1 aliphatic rings. The smallest absolute Gasteiger partial charge is 0.325 e. The van der Waals surface area contributed by atoms with Crippen LogP contribution in [0.2, 0.25) is 0 Å². The van der Waals surface area contributed by atoms with Crippen LogP contribution in [0, 0.1) is 11.3 Å². The van der Waals surface area contributed by atoms with E-state index in [1.54, 1.807) is 36.4 Å². The zero-order chi connectivity index (χ0) is 24.9. The van der Waals surface area contributed by atoms with Crippen molar-refractivity contribution in [2.24, 2.45) is 0 Å². The van der Waals surface area contributed by atoms with Crippen LogP contribution in [0.5, 0.6) is 0 Å². The molecule has 180 valence electrons. The third kappa shape index (κ3) is 5.67. The fraction of sp³-hybridized carbons (Fsp3) is 0.269. The van der Waals surface area contributed by atoms with E-state index in [-0.39, 0.29) is 19.0 Å². The van der Waals surface area contributed by atoms with Crippen LogP contribution in [0.25, 0.3) is 10.8 Å². The zero-order valence-corrected chi connectivity index (χ0v) is 20.0. The standard InChI is InChI=1S/C26H25N3O5S/c1-34-25(30)17-28(22-12-13-22)26(31)24(14-18-6-8-19(16-27)9-7-18)29(35(32)33)23-11-10-20-4-2-3-5-21(20)15-23/h2-11,15,22,24H,12-14,17H2,1H3,(H,32,33). The summed E-state index contributed by atoms with van der Waals surface area (Å²) in [5.74, 6) is -0.984. The summed E-state index contributed by atoms with van der Waals surface area (Å²) in [4.78, 5) is 27.4. The summed E-state index contributed by atoms with van der Waals surface area (Å²) in [6.45, 7) is -0.229. The molecule has 9 heteroatoms. The quantitative estimate of drug-likeness (QED) is 0.363. The summed E-state index contributed by atoms with van der Waals surface area (Å²) in [5, 5.41) is 10.9. The molecule has 4 rings (SSSR count). The molecule has 3 aromatic rings. The van der Waals surface area contributed by atoms with Crippen molar-refractivity contribution in [3.8, 4) is 6.07 Å². The van der Waals surface area contributed by atoms with Crippen LogP contribution in [0.3, 0.4) is 0 Å². The van der Waals surface area contributed by atoms with Crippen molar-refractivity contribution < 1.29 is 23.1 Å². The van der Waals surface area contributed by atoms with Gasteiger partial charge in [0.15, 0.2) is 0 Å². The van der Waals surface area contributed by atoms with Gasteiger partial charge in [-0.25, -0.2) is 4.21 Å². The van der Waals surface area contributed by atoms with Gasteiger partial charge in [-0.3, -0.25) is 18.4 Å². The third-order valence-electron chi connectivity index (χ3n) is 6.03. The van der Waals surface area contributed by atoms with Crippen molar-refractivity contribution in [2.75, 3.05) is 18.0 Å². The zero-order valence-electron chi connectivity index (χ0n) is 19.2. The van der Waals surface area contributed by atoms with Crippen LogP contribution in [0.4, 0.5) is 5.69 Å². The van der Waals surface area contributed by atoms with Gasteiger partial charge in [-0.2, -0.15) is 5.26 Å². The number of carbonyl (C=O) groups excluding carboxylic acids is 2. The van der Waals surface area contributed by atoms with Gasteiger partial charge in [0.05, 0.1) is 24.4 Å². The minimum atomic E-state index is -2.53. The fourth-order valence-electron chi connectivity index (χ4n) is 4.07. The number of anilines is 1. The van der Waals surface area contributed by atoms with E-state index in [2.05, 4.69) is 6.07 Å². The lowest BCUT2D eigenvalue weighted by Gasteiger charge is -2.33. The molecule has 3 aromatic carbocycles. The number of nitriles is 1. The molecule has 2 unspecified atom stereocenters. The first kappa shape index (κ1) is 24.4. The van der Waals surface area contributed by atoms with Gasteiger partial charge in [0, 0.05) is 12.5 Å². The number of hydrogen-bond acceptors (Lipinski definition) is 5. The first-order valence-electron chi connectivity index (χ1n) is 11.2. The van der Waals surface area contributed by atoms with Crippen LogP contribution in [0.15, 0.2) is 66.7 Å². The second-order valence-corrected chi connectivity index (χ2v) is 9.24. The van der Waals surface area contributed by atoms with Crippen LogP contribution >= 0.6 is 0 Å². The molecule has 0 heterocycles. The Balaban J connectivity index is 1.76. The van der Waals surface area contributed by atoms with E-state index in [0.717, 1.165) is 23.6 Å². The van der Waals surface area contributed by atoms with Gasteiger partial charge in [-0.1, -0.05) is 42.5 Å². The summed E-state index contributed by atoms with van der Waals surface area (Å²) in [6, 6.07) is 20.5. The van der Waals surface area contributed by atoms with Crippen LogP contribution in [-0.4, -0.2) is 51.3 Å². The minimum absolute atomic E-state index is 0.105. The predicted octanol–water partition coefficient (Wildman–Crippen LogP) is 3.43. The Morgan fingerprint density at radius 1 is 1.11 bits per heavy atom. The molecule has 0 spiro atoms. The van der Waals surface area contributed by atoms with Gasteiger partial charge in [0.1, 0.15) is 12.6 Å². The van der Waals surface area contributed by atoms with Gasteiger partial charge in [0.25, 0.3) is 11.3 Å². The molecule has 0 aliphatic heterocycles. The van der Waals surface area contributed by atoms with Crippen LogP contribution in [-0.2, 0) is 32.0 Å². The highest BCUT2D eigenvalue weighted by molar-refractivity contribution is 7.80. The highest BCUT2D eigenvalue weighted by Gasteiger charge is 2.40. The minimum Gasteiger partial charge on any atom is -0.468 e. The van der Waals surface area contributed by atoms with Crippen LogP contribution in [0.1, 0.15) is 24.0 Å². The summed E-state index contributed by atoms with van der Waals surface area (Å²) in [5.41, 5.74) is 1.59. The van der Waals surface area contributed by atoms with Gasteiger partial charge < -0.3 is 9.64 Å². The second-order valence-electron chi connectivity index (χ2n) is 8.39. The maximum absolute atomic E-state index is 13.9. The normalized spacial score (nSPS) is 14.5. The number of nitrogens with zero attached hydrogens (tertiary/aromatic N) is 3. The number of benzene rings is 3. The van der Waals surface area contributed by atoms with Gasteiger partial charge >= 0.3 is 5.97 Å². The molecule has 0 saturated heterocycles. The van der Waals surface area contributed by atoms with E-state index >= 15 is 0 Å². The number of fused-ring (bicyclic) bond motifs is 1. The highest BCUT2D eigenvalue weighted by atomic mass is 32.2. The number of esters is 1. The Labute approximate surface area is 206 Å². The summed E-state index contributed by atoms with van der Waals surface area (Å²) in [7, 11) is 1.26. The molecule has 0 aromatic heterocycles. The predicted molar refractivity (Wildman–Crippen MR) is 133 cm³/mol. The molecule has 1 fully saturated rings. The lowest BCUT2D eigenvalue weighted by molar-refractivity contribution is -0.147. The van der Waals surface area contributed by atoms with E-state index < -0.39 is 29.2 Å². The summed E-state index contributed by atoms with van der Waals surface area (Å²) in [6.07, 6.45) is 1.61. The lowest BCUT2D eigenvalue weighted by Crippen LogP contribution is -2.52. The van der Waals surface area contributed by atoms with Gasteiger partial charge in [-0.05, 0) is 53.4 Å². The number of carbonyl (C=O) groups is 2. The van der Waals surface area contributed by atoms with E-state index in [0.29, 0.717) is 16.8 Å². The molecule has 1 amide bonds. The Kier molecular flexibility index (Phi) is 7.44. The maximum atomic E-state index is 13.9. The van der Waals surface area contributed by atoms with Crippen molar-refractivity contribution in [3.63, 3.8) is 0 Å². The molecule has 1 N–H and O–H groups in total. The Bertz CT molecular complexity index is 1300. The Hall–Kier alpha value is -3.74. The molecule has 0 bridgehead atoms. The van der Waals surface area contributed by atoms with Gasteiger partial charge in [-0.15, -0.1) is 0 Å². The third-order valence-corrected chi connectivity index (χ3v) is 6.84. The number of amides is 1. The highest BCUT2D eigenvalue weighted by Crippen LogP contribution is 2.31. The Morgan fingerprint density at radius 3 is 2.40 bits per heavy atom. The fourth-order valence-corrected chi connectivity index (χ4v) is 4.75. The molecular weight excluding hydrogens is 466 g/mol. The van der Waals surface area contributed by atoms with Crippen molar-refractivity contribution in [2.45, 2.75) is 31.3 Å². The molecule has 2 atom stereocenters. The average molecular weight is 492 g/mol. The Morgan fingerprint density at radius 2 is 1.80 bits per heavy atom. The number of rotatable bonds is 9. The molecule has 1 aliphatic carbocycles. The largest absolute Gasteiger partial charge is 0.468 e. The van der Waals surface area contributed by atoms with Crippen molar-refractivity contribution in [1.29, 1.82) is 5.26 Å². The maximum Gasteiger partial charge on any atom is 0.325 e. The van der Waals surface area contributed by atoms with E-state index in [9.17, 15) is 18.4 Å². The van der Waals surface area contributed by atoms with Crippen molar-refractivity contribution >= 4 is 39.6 Å².